The van der Waals surface area contributed by atoms with Crippen molar-refractivity contribution in [2.45, 2.75) is 39.5 Å². The summed E-state index contributed by atoms with van der Waals surface area (Å²) < 4.78 is 0. The minimum Gasteiger partial charge on any atom is -0.399 e. The molecule has 0 bridgehead atoms. The molecule has 13 heavy (non-hydrogen) atoms. The van der Waals surface area contributed by atoms with Crippen LogP contribution in [0.15, 0.2) is 18.2 Å². The van der Waals surface area contributed by atoms with E-state index >= 15 is 0 Å². The lowest BCUT2D eigenvalue weighted by Crippen LogP contribution is -1.93. The van der Waals surface area contributed by atoms with E-state index < -0.39 is 0 Å². The Morgan fingerprint density at radius 1 is 0.923 bits per heavy atom. The lowest BCUT2D eigenvalue weighted by Gasteiger charge is -2.05. The third-order valence-corrected chi connectivity index (χ3v) is 2.15. The fourth-order valence-corrected chi connectivity index (χ4v) is 1.66. The summed E-state index contributed by atoms with van der Waals surface area (Å²) >= 11 is 0. The van der Waals surface area contributed by atoms with Gasteiger partial charge in [0, 0.05) is 5.69 Å². The standard InChI is InChI=1S/C12H19N/c1-3-5-10-7-11(6-4-2)9-12(13)8-10/h7-9H,3-6,13H2,1-2H3. The number of anilines is 1. The average molecular weight is 177 g/mol. The van der Waals surface area contributed by atoms with Gasteiger partial charge >= 0.3 is 0 Å². The molecule has 1 aromatic rings. The van der Waals surface area contributed by atoms with E-state index in [1.54, 1.807) is 0 Å². The number of benzene rings is 1. The molecule has 1 rings (SSSR count). The van der Waals surface area contributed by atoms with Crippen LogP contribution in [0.3, 0.4) is 0 Å². The predicted molar refractivity (Wildman–Crippen MR) is 58.8 cm³/mol. The Morgan fingerprint density at radius 3 is 1.77 bits per heavy atom. The van der Waals surface area contributed by atoms with Gasteiger partial charge in [0.2, 0.25) is 0 Å². The first-order valence-electron chi connectivity index (χ1n) is 5.14. The Morgan fingerprint density at radius 2 is 1.38 bits per heavy atom. The highest BCUT2D eigenvalue weighted by Gasteiger charge is 1.97. The molecule has 0 atom stereocenters. The SMILES string of the molecule is CCCc1cc(N)cc(CCC)c1. The summed E-state index contributed by atoms with van der Waals surface area (Å²) in [6.45, 7) is 4.39. The Hall–Kier alpha value is -0.980. The van der Waals surface area contributed by atoms with Crippen molar-refractivity contribution in [2.75, 3.05) is 5.73 Å². The minimum atomic E-state index is 0.911. The molecule has 0 amide bonds. The molecule has 0 fully saturated rings. The van der Waals surface area contributed by atoms with E-state index in [1.807, 2.05) is 0 Å². The van der Waals surface area contributed by atoms with Crippen LogP contribution in [-0.2, 0) is 12.8 Å². The molecule has 1 aromatic carbocycles. The zero-order valence-electron chi connectivity index (χ0n) is 8.64. The van der Waals surface area contributed by atoms with E-state index in [1.165, 1.54) is 24.0 Å². The van der Waals surface area contributed by atoms with E-state index in [-0.39, 0.29) is 0 Å². The first-order valence-corrected chi connectivity index (χ1v) is 5.14. The van der Waals surface area contributed by atoms with Crippen molar-refractivity contribution in [1.82, 2.24) is 0 Å². The first kappa shape index (κ1) is 10.1. The smallest absolute Gasteiger partial charge is 0.0319 e. The molecule has 1 heteroatoms. The summed E-state index contributed by atoms with van der Waals surface area (Å²) in [5.41, 5.74) is 9.49. The van der Waals surface area contributed by atoms with E-state index in [0.717, 1.165) is 18.5 Å². The monoisotopic (exact) mass is 177 g/mol. The van der Waals surface area contributed by atoms with Crippen molar-refractivity contribution in [3.63, 3.8) is 0 Å². The molecule has 0 heterocycles. The summed E-state index contributed by atoms with van der Waals surface area (Å²) in [7, 11) is 0. The summed E-state index contributed by atoms with van der Waals surface area (Å²) in [4.78, 5) is 0. The van der Waals surface area contributed by atoms with Gasteiger partial charge in [-0.3, -0.25) is 0 Å². The Kier molecular flexibility index (Phi) is 3.81. The summed E-state index contributed by atoms with van der Waals surface area (Å²) in [5.74, 6) is 0. The molecular weight excluding hydrogens is 158 g/mol. The quantitative estimate of drug-likeness (QED) is 0.702. The fraction of sp³-hybridized carbons (Fsp3) is 0.500. The molecule has 1 nitrogen and oxygen atoms in total. The maximum atomic E-state index is 5.82. The topological polar surface area (TPSA) is 26.0 Å². The second kappa shape index (κ2) is 4.90. The maximum Gasteiger partial charge on any atom is 0.0319 e. The van der Waals surface area contributed by atoms with E-state index in [4.69, 9.17) is 5.73 Å². The van der Waals surface area contributed by atoms with Crippen molar-refractivity contribution in [2.24, 2.45) is 0 Å². The number of hydrogen-bond acceptors (Lipinski definition) is 1. The van der Waals surface area contributed by atoms with Crippen molar-refractivity contribution < 1.29 is 0 Å². The van der Waals surface area contributed by atoms with Crippen LogP contribution in [-0.4, -0.2) is 0 Å². The van der Waals surface area contributed by atoms with E-state index in [9.17, 15) is 0 Å². The van der Waals surface area contributed by atoms with Gasteiger partial charge in [-0.15, -0.1) is 0 Å². The number of aryl methyl sites for hydroxylation is 2. The van der Waals surface area contributed by atoms with Crippen LogP contribution in [0.2, 0.25) is 0 Å². The minimum absolute atomic E-state index is 0.911. The first-order chi connectivity index (χ1) is 6.26. The van der Waals surface area contributed by atoms with Gasteiger partial charge < -0.3 is 5.73 Å². The van der Waals surface area contributed by atoms with Crippen LogP contribution < -0.4 is 5.73 Å². The molecule has 0 aliphatic carbocycles. The normalized spacial score (nSPS) is 10.3. The van der Waals surface area contributed by atoms with Crippen molar-refractivity contribution in [3.05, 3.63) is 29.3 Å². The Labute approximate surface area is 81.0 Å². The van der Waals surface area contributed by atoms with E-state index in [0.29, 0.717) is 0 Å². The van der Waals surface area contributed by atoms with Crippen LogP contribution in [0.5, 0.6) is 0 Å². The Balaban J connectivity index is 2.83. The highest BCUT2D eigenvalue weighted by atomic mass is 14.5. The zero-order valence-corrected chi connectivity index (χ0v) is 8.64. The summed E-state index contributed by atoms with van der Waals surface area (Å²) in [5, 5.41) is 0. The Bertz CT molecular complexity index is 242. The molecule has 0 aliphatic heterocycles. The van der Waals surface area contributed by atoms with Gasteiger partial charge in [0.1, 0.15) is 0 Å². The molecule has 0 aromatic heterocycles. The fourth-order valence-electron chi connectivity index (χ4n) is 1.66. The molecule has 72 valence electrons. The van der Waals surface area contributed by atoms with E-state index in [2.05, 4.69) is 32.0 Å². The summed E-state index contributed by atoms with van der Waals surface area (Å²) in [6, 6.07) is 6.45. The van der Waals surface area contributed by atoms with Crippen LogP contribution in [0.25, 0.3) is 0 Å². The third kappa shape index (κ3) is 3.10. The molecule has 0 saturated heterocycles. The molecule has 2 N–H and O–H groups in total. The molecule has 0 saturated carbocycles. The molecule has 0 aliphatic rings. The lowest BCUT2D eigenvalue weighted by molar-refractivity contribution is 0.896. The lowest BCUT2D eigenvalue weighted by atomic mass is 10.0. The molecular formula is C12H19N. The second-order valence-corrected chi connectivity index (χ2v) is 3.58. The highest BCUT2D eigenvalue weighted by Crippen LogP contribution is 2.14. The van der Waals surface area contributed by atoms with Gasteiger partial charge in [-0.2, -0.15) is 0 Å². The van der Waals surface area contributed by atoms with Crippen molar-refractivity contribution >= 4 is 5.69 Å². The largest absolute Gasteiger partial charge is 0.399 e. The van der Waals surface area contributed by atoms with Crippen molar-refractivity contribution in [1.29, 1.82) is 0 Å². The van der Waals surface area contributed by atoms with Crippen LogP contribution in [0.1, 0.15) is 37.8 Å². The number of nitrogen functional groups attached to an aromatic ring is 1. The molecule has 0 spiro atoms. The van der Waals surface area contributed by atoms with Gasteiger partial charge in [-0.25, -0.2) is 0 Å². The van der Waals surface area contributed by atoms with Crippen LogP contribution in [0.4, 0.5) is 5.69 Å². The van der Waals surface area contributed by atoms with Gasteiger partial charge in [0.05, 0.1) is 0 Å². The second-order valence-electron chi connectivity index (χ2n) is 3.58. The number of hydrogen-bond donors (Lipinski definition) is 1. The third-order valence-electron chi connectivity index (χ3n) is 2.15. The van der Waals surface area contributed by atoms with Crippen LogP contribution >= 0.6 is 0 Å². The number of nitrogens with two attached hydrogens (primary N) is 1. The van der Waals surface area contributed by atoms with Gasteiger partial charge in [-0.1, -0.05) is 32.8 Å². The highest BCUT2D eigenvalue weighted by molar-refractivity contribution is 5.44. The molecule has 0 radical (unpaired) electrons. The van der Waals surface area contributed by atoms with Crippen LogP contribution in [0, 0.1) is 0 Å². The summed E-state index contributed by atoms with van der Waals surface area (Å²) in [6.07, 6.45) is 4.66. The van der Waals surface area contributed by atoms with Gasteiger partial charge in [0.25, 0.3) is 0 Å². The number of rotatable bonds is 4. The molecule has 0 unspecified atom stereocenters. The van der Waals surface area contributed by atoms with Gasteiger partial charge in [-0.05, 0) is 36.1 Å². The predicted octanol–water partition coefficient (Wildman–Crippen LogP) is 3.17. The average Bonchev–Trinajstić information content (AvgIpc) is 2.04. The van der Waals surface area contributed by atoms with Crippen molar-refractivity contribution in [3.8, 4) is 0 Å². The maximum absolute atomic E-state index is 5.82. The zero-order chi connectivity index (χ0) is 9.68. The van der Waals surface area contributed by atoms with Gasteiger partial charge in [0.15, 0.2) is 0 Å².